The molecular formula is C9H17N. The Bertz CT molecular complexity index is 133. The fourth-order valence-electron chi connectivity index (χ4n) is 2.90. The van der Waals surface area contributed by atoms with Gasteiger partial charge >= 0.3 is 0 Å². The highest BCUT2D eigenvalue weighted by atomic mass is 14.9. The van der Waals surface area contributed by atoms with Crippen molar-refractivity contribution in [2.75, 3.05) is 7.05 Å². The highest BCUT2D eigenvalue weighted by Crippen LogP contribution is 2.49. The fraction of sp³-hybridized carbons (Fsp3) is 1.00. The van der Waals surface area contributed by atoms with Gasteiger partial charge in [-0.2, -0.15) is 0 Å². The molecule has 1 N–H and O–H groups in total. The summed E-state index contributed by atoms with van der Waals surface area (Å²) in [7, 11) is 2.11. The Balaban J connectivity index is 2.04. The standard InChI is InChI=1S/C9H17N/c1-6-5-7-3-4-8(7)9(6)10-2/h6-10H,3-5H2,1-2H3. The van der Waals surface area contributed by atoms with Crippen LogP contribution in [0.2, 0.25) is 0 Å². The largest absolute Gasteiger partial charge is 0.316 e. The molecule has 0 aromatic carbocycles. The van der Waals surface area contributed by atoms with Gasteiger partial charge in [-0.15, -0.1) is 0 Å². The first-order valence-electron chi connectivity index (χ1n) is 4.50. The van der Waals surface area contributed by atoms with Crippen LogP contribution in [0.5, 0.6) is 0 Å². The van der Waals surface area contributed by atoms with E-state index >= 15 is 0 Å². The summed E-state index contributed by atoms with van der Waals surface area (Å²) in [5.74, 6) is 3.06. The summed E-state index contributed by atoms with van der Waals surface area (Å²) in [6, 6.07) is 0.846. The number of fused-ring (bicyclic) bond motifs is 1. The molecule has 0 spiro atoms. The Labute approximate surface area is 63.2 Å². The summed E-state index contributed by atoms with van der Waals surface area (Å²) >= 11 is 0. The molecule has 1 nitrogen and oxygen atoms in total. The van der Waals surface area contributed by atoms with E-state index in [0.717, 1.165) is 23.8 Å². The molecule has 58 valence electrons. The third-order valence-electron chi connectivity index (χ3n) is 3.56. The van der Waals surface area contributed by atoms with Gasteiger partial charge in [-0.25, -0.2) is 0 Å². The smallest absolute Gasteiger partial charge is 0.0121 e. The first-order chi connectivity index (χ1) is 4.83. The molecule has 0 amide bonds. The maximum Gasteiger partial charge on any atom is 0.0121 e. The van der Waals surface area contributed by atoms with Gasteiger partial charge in [-0.3, -0.25) is 0 Å². The van der Waals surface area contributed by atoms with Crippen LogP contribution in [0.1, 0.15) is 26.2 Å². The van der Waals surface area contributed by atoms with Gasteiger partial charge in [0.25, 0.3) is 0 Å². The Kier molecular flexibility index (Phi) is 1.48. The predicted octanol–water partition coefficient (Wildman–Crippen LogP) is 1.64. The number of hydrogen-bond donors (Lipinski definition) is 1. The summed E-state index contributed by atoms with van der Waals surface area (Å²) in [5.41, 5.74) is 0. The highest BCUT2D eigenvalue weighted by Gasteiger charge is 2.45. The average Bonchev–Trinajstić information content (AvgIpc) is 2.09. The molecule has 4 unspecified atom stereocenters. The Morgan fingerprint density at radius 1 is 1.30 bits per heavy atom. The number of hydrogen-bond acceptors (Lipinski definition) is 1. The van der Waals surface area contributed by atoms with Crippen LogP contribution in [-0.2, 0) is 0 Å². The third-order valence-corrected chi connectivity index (χ3v) is 3.56. The molecule has 0 aliphatic heterocycles. The van der Waals surface area contributed by atoms with Crippen molar-refractivity contribution < 1.29 is 0 Å². The van der Waals surface area contributed by atoms with Crippen LogP contribution < -0.4 is 5.32 Å². The van der Waals surface area contributed by atoms with Gasteiger partial charge < -0.3 is 5.32 Å². The summed E-state index contributed by atoms with van der Waals surface area (Å²) in [6.07, 6.45) is 4.48. The minimum atomic E-state index is 0.846. The topological polar surface area (TPSA) is 12.0 Å². The van der Waals surface area contributed by atoms with Crippen LogP contribution in [0.4, 0.5) is 0 Å². The monoisotopic (exact) mass is 139 g/mol. The van der Waals surface area contributed by atoms with E-state index in [0.29, 0.717) is 0 Å². The summed E-state index contributed by atoms with van der Waals surface area (Å²) < 4.78 is 0. The maximum absolute atomic E-state index is 3.45. The Morgan fingerprint density at radius 3 is 2.40 bits per heavy atom. The molecule has 2 aliphatic rings. The first kappa shape index (κ1) is 6.66. The SMILES string of the molecule is CNC1C(C)CC2CCC21. The summed E-state index contributed by atoms with van der Waals surface area (Å²) in [4.78, 5) is 0. The third kappa shape index (κ3) is 0.731. The second kappa shape index (κ2) is 2.23. The van der Waals surface area contributed by atoms with E-state index in [1.807, 2.05) is 0 Å². The Morgan fingerprint density at radius 2 is 2.10 bits per heavy atom. The van der Waals surface area contributed by atoms with Crippen LogP contribution in [0.3, 0.4) is 0 Å². The van der Waals surface area contributed by atoms with Gasteiger partial charge in [0, 0.05) is 6.04 Å². The van der Waals surface area contributed by atoms with E-state index in [4.69, 9.17) is 0 Å². The normalized spacial score (nSPS) is 52.2. The molecule has 0 aromatic heterocycles. The van der Waals surface area contributed by atoms with Gasteiger partial charge in [-0.05, 0) is 44.1 Å². The molecule has 0 radical (unpaired) electrons. The van der Waals surface area contributed by atoms with Crippen molar-refractivity contribution in [3.05, 3.63) is 0 Å². The van der Waals surface area contributed by atoms with Crippen LogP contribution >= 0.6 is 0 Å². The number of nitrogens with one attached hydrogen (secondary N) is 1. The van der Waals surface area contributed by atoms with Crippen LogP contribution in [0.15, 0.2) is 0 Å². The highest BCUT2D eigenvalue weighted by molar-refractivity contribution is 4.98. The molecule has 10 heavy (non-hydrogen) atoms. The van der Waals surface area contributed by atoms with E-state index < -0.39 is 0 Å². The molecule has 2 aliphatic carbocycles. The fourth-order valence-corrected chi connectivity index (χ4v) is 2.90. The lowest BCUT2D eigenvalue weighted by atomic mass is 9.75. The van der Waals surface area contributed by atoms with E-state index in [1.54, 1.807) is 0 Å². The molecule has 2 fully saturated rings. The van der Waals surface area contributed by atoms with Crippen molar-refractivity contribution >= 4 is 0 Å². The molecule has 4 atom stereocenters. The molecule has 0 saturated heterocycles. The van der Waals surface area contributed by atoms with Crippen molar-refractivity contribution in [1.29, 1.82) is 0 Å². The van der Waals surface area contributed by atoms with Gasteiger partial charge in [0.1, 0.15) is 0 Å². The maximum atomic E-state index is 3.45. The lowest BCUT2D eigenvalue weighted by Gasteiger charge is -2.34. The Hall–Kier alpha value is -0.0400. The second-order valence-corrected chi connectivity index (χ2v) is 4.03. The number of rotatable bonds is 1. The quantitative estimate of drug-likeness (QED) is 0.582. The molecule has 1 heteroatoms. The lowest BCUT2D eigenvalue weighted by molar-refractivity contribution is 0.188. The zero-order chi connectivity index (χ0) is 7.14. The van der Waals surface area contributed by atoms with Crippen molar-refractivity contribution in [2.24, 2.45) is 17.8 Å². The van der Waals surface area contributed by atoms with Gasteiger partial charge in [0.05, 0.1) is 0 Å². The minimum absolute atomic E-state index is 0.846. The van der Waals surface area contributed by atoms with Crippen molar-refractivity contribution in [3.63, 3.8) is 0 Å². The second-order valence-electron chi connectivity index (χ2n) is 4.03. The van der Waals surface area contributed by atoms with E-state index in [9.17, 15) is 0 Å². The van der Waals surface area contributed by atoms with Crippen LogP contribution in [0.25, 0.3) is 0 Å². The van der Waals surface area contributed by atoms with Gasteiger partial charge in [0.15, 0.2) is 0 Å². The predicted molar refractivity (Wildman–Crippen MR) is 42.8 cm³/mol. The van der Waals surface area contributed by atoms with Crippen LogP contribution in [0, 0.1) is 17.8 Å². The zero-order valence-electron chi connectivity index (χ0n) is 6.93. The summed E-state index contributed by atoms with van der Waals surface area (Å²) in [5, 5.41) is 3.45. The molecule has 2 saturated carbocycles. The van der Waals surface area contributed by atoms with Gasteiger partial charge in [-0.1, -0.05) is 6.92 Å². The van der Waals surface area contributed by atoms with Crippen molar-refractivity contribution in [3.8, 4) is 0 Å². The van der Waals surface area contributed by atoms with E-state index in [-0.39, 0.29) is 0 Å². The molecule has 2 rings (SSSR count). The summed E-state index contributed by atoms with van der Waals surface area (Å²) in [6.45, 7) is 2.39. The molecule has 0 bridgehead atoms. The van der Waals surface area contributed by atoms with E-state index in [2.05, 4.69) is 19.3 Å². The van der Waals surface area contributed by atoms with Crippen LogP contribution in [-0.4, -0.2) is 13.1 Å². The molecule has 0 heterocycles. The minimum Gasteiger partial charge on any atom is -0.316 e. The van der Waals surface area contributed by atoms with Crippen molar-refractivity contribution in [1.82, 2.24) is 5.32 Å². The molecular weight excluding hydrogens is 122 g/mol. The first-order valence-corrected chi connectivity index (χ1v) is 4.50. The zero-order valence-corrected chi connectivity index (χ0v) is 6.93. The van der Waals surface area contributed by atoms with Crippen molar-refractivity contribution in [2.45, 2.75) is 32.2 Å². The molecule has 0 aromatic rings. The van der Waals surface area contributed by atoms with Gasteiger partial charge in [0.2, 0.25) is 0 Å². The average molecular weight is 139 g/mol. The lowest BCUT2D eigenvalue weighted by Crippen LogP contribution is -2.38. The van der Waals surface area contributed by atoms with E-state index in [1.165, 1.54) is 19.3 Å².